The molecule has 0 aliphatic rings. The zero-order valence-electron chi connectivity index (χ0n) is 12.7. The highest BCUT2D eigenvalue weighted by Crippen LogP contribution is 2.30. The molecule has 0 fully saturated rings. The van der Waals surface area contributed by atoms with Gasteiger partial charge in [0.2, 0.25) is 5.91 Å². The molecule has 0 saturated carbocycles. The molecular formula is C16H26N2O2. The van der Waals surface area contributed by atoms with Crippen molar-refractivity contribution in [2.24, 2.45) is 11.1 Å². The van der Waals surface area contributed by atoms with E-state index >= 15 is 0 Å². The molecule has 4 heteroatoms. The van der Waals surface area contributed by atoms with Crippen molar-refractivity contribution in [2.45, 2.75) is 39.5 Å². The Morgan fingerprint density at radius 1 is 1.20 bits per heavy atom. The Kier molecular flexibility index (Phi) is 6.52. The van der Waals surface area contributed by atoms with Gasteiger partial charge in [0.15, 0.2) is 0 Å². The van der Waals surface area contributed by atoms with Gasteiger partial charge in [-0.15, -0.1) is 0 Å². The van der Waals surface area contributed by atoms with Gasteiger partial charge in [-0.3, -0.25) is 4.79 Å². The average molecular weight is 278 g/mol. The smallest absolute Gasteiger partial charge is 0.231 e. The van der Waals surface area contributed by atoms with E-state index in [9.17, 15) is 4.79 Å². The summed E-state index contributed by atoms with van der Waals surface area (Å²) in [4.78, 5) is 12.6. The fourth-order valence-electron chi connectivity index (χ4n) is 2.54. The number of benzene rings is 1. The van der Waals surface area contributed by atoms with E-state index in [1.54, 1.807) is 7.11 Å². The Labute approximate surface area is 121 Å². The molecule has 0 bridgehead atoms. The average Bonchev–Trinajstić information content (AvgIpc) is 2.47. The Morgan fingerprint density at radius 2 is 1.75 bits per heavy atom. The monoisotopic (exact) mass is 278 g/mol. The normalized spacial score (nSPS) is 11.2. The molecule has 0 radical (unpaired) electrons. The number of nitrogens with two attached hydrogens (primary N) is 1. The highest BCUT2D eigenvalue weighted by molar-refractivity contribution is 5.95. The van der Waals surface area contributed by atoms with Crippen molar-refractivity contribution in [2.75, 3.05) is 19.0 Å². The lowest BCUT2D eigenvalue weighted by Gasteiger charge is -2.30. The first-order valence-corrected chi connectivity index (χ1v) is 7.27. The second kappa shape index (κ2) is 7.90. The highest BCUT2D eigenvalue weighted by atomic mass is 16.5. The van der Waals surface area contributed by atoms with Crippen LogP contribution in [0.15, 0.2) is 24.3 Å². The standard InChI is InChI=1S/C16H26N2O2/c1-4-10-16(12-17,11-5-2)15(19)18-13-6-8-14(20-3)9-7-13/h6-9H,4-5,10-12,17H2,1-3H3,(H,18,19). The Bertz CT molecular complexity index is 409. The topological polar surface area (TPSA) is 64.4 Å². The van der Waals surface area contributed by atoms with Crippen molar-refractivity contribution in [3.8, 4) is 5.75 Å². The summed E-state index contributed by atoms with van der Waals surface area (Å²) >= 11 is 0. The minimum atomic E-state index is -0.455. The molecule has 1 rings (SSSR count). The first kappa shape index (κ1) is 16.5. The maximum atomic E-state index is 12.6. The Balaban J connectivity index is 2.83. The van der Waals surface area contributed by atoms with Crippen molar-refractivity contribution in [1.29, 1.82) is 0 Å². The molecule has 1 aromatic rings. The summed E-state index contributed by atoms with van der Waals surface area (Å²) < 4.78 is 5.11. The first-order valence-electron chi connectivity index (χ1n) is 7.27. The fourth-order valence-corrected chi connectivity index (χ4v) is 2.54. The van der Waals surface area contributed by atoms with E-state index in [0.29, 0.717) is 6.54 Å². The van der Waals surface area contributed by atoms with Crippen molar-refractivity contribution >= 4 is 11.6 Å². The number of amides is 1. The van der Waals surface area contributed by atoms with Crippen LogP contribution in [0.5, 0.6) is 5.75 Å². The van der Waals surface area contributed by atoms with Gasteiger partial charge < -0.3 is 15.8 Å². The number of anilines is 1. The highest BCUT2D eigenvalue weighted by Gasteiger charge is 2.35. The van der Waals surface area contributed by atoms with Gasteiger partial charge in [-0.05, 0) is 37.1 Å². The summed E-state index contributed by atoms with van der Waals surface area (Å²) in [6, 6.07) is 7.35. The van der Waals surface area contributed by atoms with E-state index in [1.165, 1.54) is 0 Å². The van der Waals surface area contributed by atoms with Crippen LogP contribution in [0.25, 0.3) is 0 Å². The third-order valence-electron chi connectivity index (χ3n) is 3.68. The molecule has 0 aromatic heterocycles. The van der Waals surface area contributed by atoms with Gasteiger partial charge in [0.1, 0.15) is 5.75 Å². The van der Waals surface area contributed by atoms with Gasteiger partial charge in [0, 0.05) is 12.2 Å². The van der Waals surface area contributed by atoms with Gasteiger partial charge in [-0.25, -0.2) is 0 Å². The molecule has 0 saturated heterocycles. The number of carbonyl (C=O) groups is 1. The second-order valence-electron chi connectivity index (χ2n) is 5.17. The minimum absolute atomic E-state index is 0.0221. The molecule has 20 heavy (non-hydrogen) atoms. The van der Waals surface area contributed by atoms with Crippen LogP contribution < -0.4 is 15.8 Å². The largest absolute Gasteiger partial charge is 0.497 e. The quantitative estimate of drug-likeness (QED) is 0.767. The van der Waals surface area contributed by atoms with Crippen molar-refractivity contribution in [3.05, 3.63) is 24.3 Å². The predicted octanol–water partition coefficient (Wildman–Crippen LogP) is 3.18. The van der Waals surface area contributed by atoms with E-state index in [4.69, 9.17) is 10.5 Å². The van der Waals surface area contributed by atoms with Crippen LogP contribution in [-0.2, 0) is 4.79 Å². The number of hydrogen-bond acceptors (Lipinski definition) is 3. The van der Waals surface area contributed by atoms with E-state index in [2.05, 4.69) is 19.2 Å². The summed E-state index contributed by atoms with van der Waals surface area (Å²) in [5.74, 6) is 0.795. The van der Waals surface area contributed by atoms with Gasteiger partial charge >= 0.3 is 0 Å². The van der Waals surface area contributed by atoms with E-state index in [1.807, 2.05) is 24.3 Å². The number of nitrogens with one attached hydrogen (secondary N) is 1. The number of carbonyl (C=O) groups excluding carboxylic acids is 1. The lowest BCUT2D eigenvalue weighted by atomic mass is 9.78. The molecule has 0 aliphatic heterocycles. The third-order valence-corrected chi connectivity index (χ3v) is 3.68. The molecule has 0 atom stereocenters. The number of rotatable bonds is 8. The van der Waals surface area contributed by atoms with Gasteiger partial charge in [-0.1, -0.05) is 26.7 Å². The van der Waals surface area contributed by atoms with Crippen LogP contribution in [0.1, 0.15) is 39.5 Å². The lowest BCUT2D eigenvalue weighted by molar-refractivity contribution is -0.126. The molecule has 0 spiro atoms. The molecule has 1 amide bonds. The second-order valence-corrected chi connectivity index (χ2v) is 5.17. The predicted molar refractivity (Wildman–Crippen MR) is 82.9 cm³/mol. The van der Waals surface area contributed by atoms with Gasteiger partial charge in [-0.2, -0.15) is 0 Å². The van der Waals surface area contributed by atoms with Crippen molar-refractivity contribution in [3.63, 3.8) is 0 Å². The molecular weight excluding hydrogens is 252 g/mol. The number of ether oxygens (including phenoxy) is 1. The van der Waals surface area contributed by atoms with Crippen molar-refractivity contribution in [1.82, 2.24) is 0 Å². The zero-order valence-corrected chi connectivity index (χ0v) is 12.7. The van der Waals surface area contributed by atoms with Crippen LogP contribution in [0.3, 0.4) is 0 Å². The summed E-state index contributed by atoms with van der Waals surface area (Å²) in [5.41, 5.74) is 6.22. The molecule has 0 unspecified atom stereocenters. The zero-order chi connectivity index (χ0) is 15.0. The molecule has 0 heterocycles. The summed E-state index contributed by atoms with van der Waals surface area (Å²) in [5, 5.41) is 2.98. The van der Waals surface area contributed by atoms with Crippen LogP contribution in [0, 0.1) is 5.41 Å². The van der Waals surface area contributed by atoms with E-state index in [-0.39, 0.29) is 5.91 Å². The molecule has 3 N–H and O–H groups in total. The van der Waals surface area contributed by atoms with E-state index < -0.39 is 5.41 Å². The van der Waals surface area contributed by atoms with Crippen LogP contribution >= 0.6 is 0 Å². The van der Waals surface area contributed by atoms with Gasteiger partial charge in [0.25, 0.3) is 0 Å². The summed E-state index contributed by atoms with van der Waals surface area (Å²) in [6.45, 7) is 4.55. The van der Waals surface area contributed by atoms with Gasteiger partial charge in [0.05, 0.1) is 12.5 Å². The Hall–Kier alpha value is -1.55. The maximum absolute atomic E-state index is 12.6. The van der Waals surface area contributed by atoms with Crippen LogP contribution in [0.4, 0.5) is 5.69 Å². The summed E-state index contributed by atoms with van der Waals surface area (Å²) in [7, 11) is 1.62. The molecule has 4 nitrogen and oxygen atoms in total. The molecule has 112 valence electrons. The number of methoxy groups -OCH3 is 1. The lowest BCUT2D eigenvalue weighted by Crippen LogP contribution is -2.42. The molecule has 1 aromatic carbocycles. The Morgan fingerprint density at radius 3 is 2.15 bits per heavy atom. The number of hydrogen-bond donors (Lipinski definition) is 2. The third kappa shape index (κ3) is 3.97. The van der Waals surface area contributed by atoms with Crippen LogP contribution in [-0.4, -0.2) is 19.6 Å². The first-order chi connectivity index (χ1) is 9.61. The molecule has 0 aliphatic carbocycles. The summed E-state index contributed by atoms with van der Waals surface area (Å²) in [6.07, 6.45) is 3.54. The SMILES string of the molecule is CCCC(CN)(CCC)C(=O)Nc1ccc(OC)cc1. The van der Waals surface area contributed by atoms with E-state index in [0.717, 1.165) is 37.1 Å². The maximum Gasteiger partial charge on any atom is 0.231 e. The van der Waals surface area contributed by atoms with Crippen LogP contribution in [0.2, 0.25) is 0 Å². The minimum Gasteiger partial charge on any atom is -0.497 e. The van der Waals surface area contributed by atoms with Crippen molar-refractivity contribution < 1.29 is 9.53 Å². The fraction of sp³-hybridized carbons (Fsp3) is 0.562.